The Balaban J connectivity index is 1.47. The Morgan fingerprint density at radius 3 is 2.73 bits per heavy atom. The van der Waals surface area contributed by atoms with Gasteiger partial charge in [-0.25, -0.2) is 0 Å². The van der Waals surface area contributed by atoms with Gasteiger partial charge in [-0.3, -0.25) is 4.90 Å². The van der Waals surface area contributed by atoms with Crippen LogP contribution in [0.4, 0.5) is 0 Å². The molecule has 2 aliphatic rings. The number of hydrogen-bond donors (Lipinski definition) is 0. The fraction of sp³-hybridized carbons (Fsp3) is 0.529. The normalized spacial score (nSPS) is 22.1. The first kappa shape index (κ1) is 13.8. The molecule has 0 amide bonds. The second kappa shape index (κ2) is 5.72. The van der Waals surface area contributed by atoms with Crippen LogP contribution in [0.2, 0.25) is 0 Å². The van der Waals surface area contributed by atoms with Crippen molar-refractivity contribution in [2.75, 3.05) is 13.7 Å². The molecule has 5 nitrogen and oxygen atoms in total. The molecule has 1 saturated carbocycles. The summed E-state index contributed by atoms with van der Waals surface area (Å²) in [7, 11) is 1.70. The van der Waals surface area contributed by atoms with Gasteiger partial charge in [-0.05, 0) is 49.9 Å². The first-order valence-corrected chi connectivity index (χ1v) is 8.04. The Hall–Kier alpha value is -1.88. The van der Waals surface area contributed by atoms with Gasteiger partial charge in [0.25, 0.3) is 0 Å². The highest BCUT2D eigenvalue weighted by Gasteiger charge is 2.31. The second-order valence-corrected chi connectivity index (χ2v) is 6.21. The van der Waals surface area contributed by atoms with Crippen molar-refractivity contribution < 1.29 is 9.15 Å². The molecule has 0 bridgehead atoms. The second-order valence-electron chi connectivity index (χ2n) is 6.21. The minimum atomic E-state index is 0.433. The highest BCUT2D eigenvalue weighted by Crippen LogP contribution is 2.39. The van der Waals surface area contributed by atoms with Crippen LogP contribution in [0.1, 0.15) is 55.0 Å². The van der Waals surface area contributed by atoms with E-state index in [1.807, 2.05) is 12.1 Å². The SMILES string of the molecule is COc1ccc([C@@H]2CCCN2Cc2nnc(C3CC3)o2)cc1. The van der Waals surface area contributed by atoms with E-state index < -0.39 is 0 Å². The van der Waals surface area contributed by atoms with Crippen molar-refractivity contribution in [2.24, 2.45) is 0 Å². The zero-order chi connectivity index (χ0) is 14.9. The minimum absolute atomic E-state index is 0.433. The average Bonchev–Trinajstić information content (AvgIpc) is 3.13. The Kier molecular flexibility index (Phi) is 3.58. The quantitative estimate of drug-likeness (QED) is 0.848. The van der Waals surface area contributed by atoms with Gasteiger partial charge in [-0.1, -0.05) is 12.1 Å². The molecule has 22 heavy (non-hydrogen) atoms. The lowest BCUT2D eigenvalue weighted by Crippen LogP contribution is -2.22. The monoisotopic (exact) mass is 299 g/mol. The molecule has 2 aromatic rings. The van der Waals surface area contributed by atoms with Crippen LogP contribution >= 0.6 is 0 Å². The van der Waals surface area contributed by atoms with E-state index in [0.29, 0.717) is 12.0 Å². The molecule has 1 saturated heterocycles. The molecule has 0 unspecified atom stereocenters. The van der Waals surface area contributed by atoms with Crippen LogP contribution in [0.25, 0.3) is 0 Å². The topological polar surface area (TPSA) is 51.4 Å². The van der Waals surface area contributed by atoms with E-state index in [4.69, 9.17) is 9.15 Å². The lowest BCUT2D eigenvalue weighted by Gasteiger charge is -2.23. The van der Waals surface area contributed by atoms with Crippen molar-refractivity contribution in [1.29, 1.82) is 0 Å². The van der Waals surface area contributed by atoms with Crippen molar-refractivity contribution >= 4 is 0 Å². The van der Waals surface area contributed by atoms with E-state index >= 15 is 0 Å². The summed E-state index contributed by atoms with van der Waals surface area (Å²) in [6.07, 6.45) is 4.77. The first-order valence-electron chi connectivity index (χ1n) is 8.04. The van der Waals surface area contributed by atoms with Crippen LogP contribution < -0.4 is 4.74 Å². The highest BCUT2D eigenvalue weighted by molar-refractivity contribution is 5.29. The van der Waals surface area contributed by atoms with E-state index in [1.54, 1.807) is 7.11 Å². The van der Waals surface area contributed by atoms with E-state index in [2.05, 4.69) is 27.2 Å². The largest absolute Gasteiger partial charge is 0.497 e. The summed E-state index contributed by atoms with van der Waals surface area (Å²) in [5.41, 5.74) is 1.33. The number of benzene rings is 1. The van der Waals surface area contributed by atoms with Gasteiger partial charge >= 0.3 is 0 Å². The van der Waals surface area contributed by atoms with Crippen molar-refractivity contribution in [3.63, 3.8) is 0 Å². The molecule has 5 heteroatoms. The maximum Gasteiger partial charge on any atom is 0.230 e. The standard InChI is InChI=1S/C17H21N3O2/c1-21-14-8-6-12(7-9-14)15-3-2-10-20(15)11-16-18-19-17(22-16)13-4-5-13/h6-9,13,15H,2-5,10-11H2,1H3/t15-/m0/s1. The van der Waals surface area contributed by atoms with Gasteiger partial charge in [0.1, 0.15) is 5.75 Å². The zero-order valence-electron chi connectivity index (χ0n) is 12.9. The fourth-order valence-electron chi connectivity index (χ4n) is 3.22. The molecule has 116 valence electrons. The molecule has 4 rings (SSSR count). The third-order valence-corrected chi connectivity index (χ3v) is 4.61. The van der Waals surface area contributed by atoms with Crippen LogP contribution in [-0.2, 0) is 6.54 Å². The molecule has 2 heterocycles. The Labute approximate surface area is 130 Å². The van der Waals surface area contributed by atoms with E-state index in [1.165, 1.54) is 31.2 Å². The molecular formula is C17H21N3O2. The predicted molar refractivity (Wildman–Crippen MR) is 81.7 cm³/mol. The summed E-state index contributed by atoms with van der Waals surface area (Å²) in [6.45, 7) is 1.83. The number of likely N-dealkylation sites (tertiary alicyclic amines) is 1. The number of methoxy groups -OCH3 is 1. The van der Waals surface area contributed by atoms with Crippen LogP contribution in [0.3, 0.4) is 0 Å². The maximum absolute atomic E-state index is 5.81. The maximum atomic E-state index is 5.81. The van der Waals surface area contributed by atoms with Gasteiger partial charge < -0.3 is 9.15 Å². The third-order valence-electron chi connectivity index (χ3n) is 4.61. The number of hydrogen-bond acceptors (Lipinski definition) is 5. The van der Waals surface area contributed by atoms with Crippen LogP contribution in [-0.4, -0.2) is 28.8 Å². The molecule has 1 aromatic heterocycles. The smallest absolute Gasteiger partial charge is 0.230 e. The average molecular weight is 299 g/mol. The summed E-state index contributed by atoms with van der Waals surface area (Å²) < 4.78 is 11.0. The van der Waals surface area contributed by atoms with E-state index in [-0.39, 0.29) is 0 Å². The van der Waals surface area contributed by atoms with Crippen LogP contribution in [0.5, 0.6) is 5.75 Å². The van der Waals surface area contributed by atoms with Gasteiger partial charge in [0.2, 0.25) is 11.8 Å². The van der Waals surface area contributed by atoms with Crippen molar-refractivity contribution in [2.45, 2.75) is 44.2 Å². The molecular weight excluding hydrogens is 278 g/mol. The van der Waals surface area contributed by atoms with E-state index in [9.17, 15) is 0 Å². The summed E-state index contributed by atoms with van der Waals surface area (Å²) in [5, 5.41) is 8.40. The predicted octanol–water partition coefficient (Wildman–Crippen LogP) is 3.29. The molecule has 0 spiro atoms. The number of nitrogens with zero attached hydrogens (tertiary/aromatic N) is 3. The van der Waals surface area contributed by atoms with Gasteiger partial charge in [-0.15, -0.1) is 10.2 Å². The minimum Gasteiger partial charge on any atom is -0.497 e. The van der Waals surface area contributed by atoms with Crippen LogP contribution in [0.15, 0.2) is 28.7 Å². The van der Waals surface area contributed by atoms with Crippen molar-refractivity contribution in [3.05, 3.63) is 41.6 Å². The molecule has 1 atom stereocenters. The van der Waals surface area contributed by atoms with E-state index in [0.717, 1.165) is 30.6 Å². The molecule has 1 aliphatic carbocycles. The van der Waals surface area contributed by atoms with Crippen molar-refractivity contribution in [1.82, 2.24) is 15.1 Å². The first-order chi connectivity index (χ1) is 10.8. The van der Waals surface area contributed by atoms with Gasteiger partial charge in [0.05, 0.1) is 13.7 Å². The highest BCUT2D eigenvalue weighted by atomic mass is 16.5. The lowest BCUT2D eigenvalue weighted by atomic mass is 10.0. The lowest BCUT2D eigenvalue weighted by molar-refractivity contribution is 0.221. The summed E-state index contributed by atoms with van der Waals surface area (Å²) in [6, 6.07) is 8.81. The third kappa shape index (κ3) is 2.73. The Bertz CT molecular complexity index is 634. The molecule has 1 aromatic carbocycles. The number of ether oxygens (including phenoxy) is 1. The summed E-state index contributed by atoms with van der Waals surface area (Å²) >= 11 is 0. The molecule has 2 fully saturated rings. The van der Waals surface area contributed by atoms with Gasteiger partial charge in [0.15, 0.2) is 0 Å². The number of aromatic nitrogens is 2. The van der Waals surface area contributed by atoms with Crippen molar-refractivity contribution in [3.8, 4) is 5.75 Å². The Morgan fingerprint density at radius 1 is 1.18 bits per heavy atom. The number of rotatable bonds is 5. The molecule has 0 radical (unpaired) electrons. The van der Waals surface area contributed by atoms with Gasteiger partial charge in [-0.2, -0.15) is 0 Å². The molecule has 0 N–H and O–H groups in total. The Morgan fingerprint density at radius 2 is 2.00 bits per heavy atom. The summed E-state index contributed by atoms with van der Waals surface area (Å²) in [4.78, 5) is 2.44. The zero-order valence-corrected chi connectivity index (χ0v) is 12.9. The summed E-state index contributed by atoms with van der Waals surface area (Å²) in [5.74, 6) is 3.01. The van der Waals surface area contributed by atoms with Crippen LogP contribution in [0, 0.1) is 0 Å². The fourth-order valence-corrected chi connectivity index (χ4v) is 3.22. The van der Waals surface area contributed by atoms with Gasteiger partial charge in [0, 0.05) is 12.0 Å². The molecule has 1 aliphatic heterocycles.